The third kappa shape index (κ3) is 6.45. The number of nitrogens with zero attached hydrogens (tertiary/aromatic N) is 1. The molecule has 0 saturated carbocycles. The van der Waals surface area contributed by atoms with Gasteiger partial charge >= 0.3 is 0 Å². The molecule has 0 saturated heterocycles. The molecule has 0 bridgehead atoms. The number of hydrogen-bond acceptors (Lipinski definition) is 2. The summed E-state index contributed by atoms with van der Waals surface area (Å²) in [7, 11) is 1.77. The van der Waals surface area contributed by atoms with Crippen molar-refractivity contribution in [2.75, 3.05) is 25.5 Å². The van der Waals surface area contributed by atoms with E-state index in [0.29, 0.717) is 13.0 Å². The second-order valence-corrected chi connectivity index (χ2v) is 8.61. The summed E-state index contributed by atoms with van der Waals surface area (Å²) >= 11 is 0. The van der Waals surface area contributed by atoms with Crippen LogP contribution >= 0.6 is 24.0 Å². The molecule has 1 unspecified atom stereocenters. The third-order valence-electron chi connectivity index (χ3n) is 5.37. The summed E-state index contributed by atoms with van der Waals surface area (Å²) in [5.74, 6) is 0.973. The lowest BCUT2D eigenvalue weighted by molar-refractivity contribution is -0.116. The van der Waals surface area contributed by atoms with Gasteiger partial charge in [0.05, 0.1) is 0 Å². The van der Waals surface area contributed by atoms with Crippen molar-refractivity contribution in [2.24, 2.45) is 4.99 Å². The van der Waals surface area contributed by atoms with Crippen LogP contribution < -0.4 is 16.0 Å². The summed E-state index contributed by atoms with van der Waals surface area (Å²) in [6.45, 7) is 8.16. The quantitative estimate of drug-likeness (QED) is 0.311. The minimum atomic E-state index is 0. The SMILES string of the molecule is CN=C(NCCc1ccc(C(C)(C)C)cc1)NCC1CC(=O)Nc2ccccc21.I. The predicted molar refractivity (Wildman–Crippen MR) is 136 cm³/mol. The summed E-state index contributed by atoms with van der Waals surface area (Å²) in [4.78, 5) is 16.3. The smallest absolute Gasteiger partial charge is 0.225 e. The first-order valence-electron chi connectivity index (χ1n) is 10.3. The number of carbonyl (C=O) groups excluding carboxylic acids is 1. The van der Waals surface area contributed by atoms with Gasteiger partial charge < -0.3 is 16.0 Å². The van der Waals surface area contributed by atoms with Crippen molar-refractivity contribution in [3.05, 3.63) is 65.2 Å². The van der Waals surface area contributed by atoms with Crippen molar-refractivity contribution in [1.82, 2.24) is 10.6 Å². The Hall–Kier alpha value is -2.09. The molecule has 0 radical (unpaired) electrons. The maximum Gasteiger partial charge on any atom is 0.225 e. The Kier molecular flexibility index (Phi) is 8.70. The second kappa shape index (κ2) is 10.8. The highest BCUT2D eigenvalue weighted by Gasteiger charge is 2.24. The van der Waals surface area contributed by atoms with Gasteiger partial charge in [-0.25, -0.2) is 0 Å². The molecule has 3 rings (SSSR count). The first kappa shape index (κ1) is 24.2. The standard InChI is InChI=1S/C24H32N4O.HI/c1-24(2,3)19-11-9-17(10-12-19)13-14-26-23(25-4)27-16-18-15-22(29)28-21-8-6-5-7-20(18)21;/h5-12,18H,13-16H2,1-4H3,(H,28,29)(H2,25,26,27);1H. The Balaban J connectivity index is 0.00000320. The number of benzene rings is 2. The van der Waals surface area contributed by atoms with E-state index in [1.54, 1.807) is 7.05 Å². The van der Waals surface area contributed by atoms with E-state index in [4.69, 9.17) is 0 Å². The maximum absolute atomic E-state index is 12.0. The summed E-state index contributed by atoms with van der Waals surface area (Å²) < 4.78 is 0. The van der Waals surface area contributed by atoms with Gasteiger partial charge in [-0.3, -0.25) is 9.79 Å². The predicted octanol–water partition coefficient (Wildman–Crippen LogP) is 4.44. The first-order valence-corrected chi connectivity index (χ1v) is 10.3. The van der Waals surface area contributed by atoms with Gasteiger partial charge in [0.15, 0.2) is 5.96 Å². The van der Waals surface area contributed by atoms with E-state index in [9.17, 15) is 4.79 Å². The van der Waals surface area contributed by atoms with E-state index < -0.39 is 0 Å². The minimum Gasteiger partial charge on any atom is -0.356 e. The zero-order valence-electron chi connectivity index (χ0n) is 18.3. The summed E-state index contributed by atoms with van der Waals surface area (Å²) in [6, 6.07) is 16.8. The van der Waals surface area contributed by atoms with Crippen molar-refractivity contribution in [3.63, 3.8) is 0 Å². The molecule has 1 atom stereocenters. The Morgan fingerprint density at radius 3 is 2.47 bits per heavy atom. The molecular formula is C24H33IN4O. The van der Waals surface area contributed by atoms with Gasteiger partial charge in [0.1, 0.15) is 0 Å². The van der Waals surface area contributed by atoms with Crippen LogP contribution in [0.25, 0.3) is 0 Å². The van der Waals surface area contributed by atoms with E-state index >= 15 is 0 Å². The highest BCUT2D eigenvalue weighted by molar-refractivity contribution is 14.0. The second-order valence-electron chi connectivity index (χ2n) is 8.61. The molecule has 0 fully saturated rings. The van der Waals surface area contributed by atoms with Crippen molar-refractivity contribution in [1.29, 1.82) is 0 Å². The highest BCUT2D eigenvalue weighted by Crippen LogP contribution is 2.31. The molecule has 2 aromatic rings. The van der Waals surface area contributed by atoms with Gasteiger partial charge in [0.25, 0.3) is 0 Å². The van der Waals surface area contributed by atoms with Crippen LogP contribution in [0.15, 0.2) is 53.5 Å². The summed E-state index contributed by atoms with van der Waals surface area (Å²) in [5, 5.41) is 9.70. The number of nitrogens with one attached hydrogen (secondary N) is 3. The van der Waals surface area contributed by atoms with E-state index in [1.165, 1.54) is 16.7 Å². The Labute approximate surface area is 197 Å². The van der Waals surface area contributed by atoms with Gasteiger partial charge in [-0.1, -0.05) is 63.2 Å². The number of fused-ring (bicyclic) bond motifs is 1. The Bertz CT molecular complexity index is 872. The number of para-hydroxylation sites is 1. The van der Waals surface area contributed by atoms with Crippen LogP contribution in [-0.2, 0) is 16.6 Å². The van der Waals surface area contributed by atoms with Crippen molar-refractivity contribution in [3.8, 4) is 0 Å². The number of carbonyl (C=O) groups is 1. The van der Waals surface area contributed by atoms with E-state index in [2.05, 4.69) is 72.0 Å². The lowest BCUT2D eigenvalue weighted by atomic mass is 9.86. The van der Waals surface area contributed by atoms with Crippen LogP contribution in [0.2, 0.25) is 0 Å². The number of halogens is 1. The van der Waals surface area contributed by atoms with E-state index in [0.717, 1.165) is 24.6 Å². The fourth-order valence-corrected chi connectivity index (χ4v) is 3.62. The normalized spacial score (nSPS) is 16.2. The molecule has 5 nitrogen and oxygen atoms in total. The molecule has 1 heterocycles. The molecule has 1 aliphatic heterocycles. The molecule has 6 heteroatoms. The number of amides is 1. The topological polar surface area (TPSA) is 65.5 Å². The summed E-state index contributed by atoms with van der Waals surface area (Å²) in [5.41, 5.74) is 4.92. The number of hydrogen-bond donors (Lipinski definition) is 3. The van der Waals surface area contributed by atoms with Crippen LogP contribution in [0, 0.1) is 0 Å². The lowest BCUT2D eigenvalue weighted by Gasteiger charge is -2.26. The fourth-order valence-electron chi connectivity index (χ4n) is 3.62. The lowest BCUT2D eigenvalue weighted by Crippen LogP contribution is -2.41. The number of rotatable bonds is 5. The van der Waals surface area contributed by atoms with Gasteiger partial charge in [0.2, 0.25) is 5.91 Å². The van der Waals surface area contributed by atoms with Crippen LogP contribution in [0.1, 0.15) is 49.8 Å². The van der Waals surface area contributed by atoms with Crippen molar-refractivity contribution < 1.29 is 4.79 Å². The molecule has 0 aliphatic carbocycles. The molecule has 30 heavy (non-hydrogen) atoms. The molecule has 0 aromatic heterocycles. The number of aliphatic imine (C=N–C) groups is 1. The maximum atomic E-state index is 12.0. The van der Waals surface area contributed by atoms with Gasteiger partial charge in [0, 0.05) is 38.2 Å². The van der Waals surface area contributed by atoms with Gasteiger partial charge in [-0.2, -0.15) is 0 Å². The molecule has 1 aliphatic rings. The minimum absolute atomic E-state index is 0. The molecule has 0 spiro atoms. The number of anilines is 1. The van der Waals surface area contributed by atoms with Crippen LogP contribution in [0.3, 0.4) is 0 Å². The van der Waals surface area contributed by atoms with Crippen molar-refractivity contribution in [2.45, 2.75) is 44.9 Å². The van der Waals surface area contributed by atoms with Gasteiger partial charge in [-0.05, 0) is 34.6 Å². The molecule has 162 valence electrons. The van der Waals surface area contributed by atoms with Crippen LogP contribution in [0.4, 0.5) is 5.69 Å². The van der Waals surface area contributed by atoms with Crippen molar-refractivity contribution >= 4 is 41.5 Å². The van der Waals surface area contributed by atoms with Gasteiger partial charge in [-0.15, -0.1) is 24.0 Å². The molecule has 1 amide bonds. The Morgan fingerprint density at radius 1 is 1.10 bits per heavy atom. The average molecular weight is 520 g/mol. The Morgan fingerprint density at radius 2 is 1.80 bits per heavy atom. The zero-order chi connectivity index (χ0) is 20.9. The first-order chi connectivity index (χ1) is 13.9. The van der Waals surface area contributed by atoms with Crippen LogP contribution in [-0.4, -0.2) is 32.0 Å². The zero-order valence-corrected chi connectivity index (χ0v) is 20.6. The summed E-state index contributed by atoms with van der Waals surface area (Å²) in [6.07, 6.45) is 1.42. The average Bonchev–Trinajstić information content (AvgIpc) is 2.70. The van der Waals surface area contributed by atoms with E-state index in [-0.39, 0.29) is 41.2 Å². The number of guanidine groups is 1. The molecule has 2 aromatic carbocycles. The third-order valence-corrected chi connectivity index (χ3v) is 5.37. The van der Waals surface area contributed by atoms with Crippen LogP contribution in [0.5, 0.6) is 0 Å². The molecule has 3 N–H and O–H groups in total. The largest absolute Gasteiger partial charge is 0.356 e. The molecular weight excluding hydrogens is 487 g/mol. The highest BCUT2D eigenvalue weighted by atomic mass is 127. The monoisotopic (exact) mass is 520 g/mol. The van der Waals surface area contributed by atoms with E-state index in [1.807, 2.05) is 18.2 Å². The fraction of sp³-hybridized carbons (Fsp3) is 0.417.